The molecule has 5 rings (SSSR count). The number of carbonyl (C=O) groups is 2. The lowest BCUT2D eigenvalue weighted by Crippen LogP contribution is -2.60. The number of carbonyl (C=O) groups excluding carboxylic acids is 2. The van der Waals surface area contributed by atoms with Crippen LogP contribution in [0.4, 0.5) is 5.69 Å². The Hall–Kier alpha value is -3.32. The number of anilines is 1. The highest BCUT2D eigenvalue weighted by Crippen LogP contribution is 2.37. The fourth-order valence-electron chi connectivity index (χ4n) is 3.96. The second-order valence-corrected chi connectivity index (χ2v) is 8.00. The molecule has 30 heavy (non-hydrogen) atoms. The summed E-state index contributed by atoms with van der Waals surface area (Å²) in [5.74, 6) is -0.439. The maximum absolute atomic E-state index is 13.2. The molecule has 0 spiro atoms. The minimum atomic E-state index is -1.63. The Labute approximate surface area is 177 Å². The molecule has 0 bridgehead atoms. The molecule has 0 radical (unpaired) electrons. The van der Waals surface area contributed by atoms with Gasteiger partial charge in [-0.2, -0.15) is 0 Å². The first kappa shape index (κ1) is 18.7. The monoisotopic (exact) mass is 422 g/mol. The number of H-pyrrole nitrogens is 1. The number of nitrogens with zero attached hydrogens (tertiary/aromatic N) is 2. The van der Waals surface area contributed by atoms with E-state index >= 15 is 0 Å². The molecule has 1 unspecified atom stereocenters. The normalized spacial score (nSPS) is 20.9. The van der Waals surface area contributed by atoms with Gasteiger partial charge < -0.3 is 19.9 Å². The van der Waals surface area contributed by atoms with E-state index in [-0.39, 0.29) is 5.91 Å². The van der Waals surface area contributed by atoms with Crippen LogP contribution in [0.25, 0.3) is 16.6 Å². The van der Waals surface area contributed by atoms with Gasteiger partial charge in [-0.3, -0.25) is 9.59 Å². The maximum Gasteiger partial charge on any atom is 0.278 e. The van der Waals surface area contributed by atoms with Gasteiger partial charge in [0.2, 0.25) is 0 Å². The third-order valence-corrected chi connectivity index (χ3v) is 5.87. The van der Waals surface area contributed by atoms with Crippen molar-refractivity contribution in [2.24, 2.45) is 0 Å². The highest BCUT2D eigenvalue weighted by Gasteiger charge is 2.49. The Balaban J connectivity index is 1.37. The lowest BCUT2D eigenvalue weighted by atomic mass is 9.96. The summed E-state index contributed by atoms with van der Waals surface area (Å²) in [4.78, 5) is 35.1. The van der Waals surface area contributed by atoms with Gasteiger partial charge in [0, 0.05) is 41.5 Å². The standard InChI is InChI=1S/C22H19ClN4O3/c1-22(20(28)26-17-11-14(23)4-5-18(17)30-22)21(29)27-9-6-13(7-10-27)16-12-25-19-15(16)3-2-8-24-19/h2-6,8,11-12H,7,9-10H2,1H3,(H,24,25)(H,26,28). The Morgan fingerprint density at radius 2 is 2.20 bits per heavy atom. The van der Waals surface area contributed by atoms with Gasteiger partial charge in [0.1, 0.15) is 11.4 Å². The van der Waals surface area contributed by atoms with Crippen molar-refractivity contribution in [3.63, 3.8) is 0 Å². The zero-order valence-corrected chi connectivity index (χ0v) is 17.0. The minimum Gasteiger partial charge on any atom is -0.466 e. The summed E-state index contributed by atoms with van der Waals surface area (Å²) in [5, 5.41) is 4.28. The molecule has 3 aromatic rings. The van der Waals surface area contributed by atoms with Crippen LogP contribution in [0.2, 0.25) is 5.02 Å². The van der Waals surface area contributed by atoms with Crippen molar-refractivity contribution in [3.8, 4) is 5.75 Å². The van der Waals surface area contributed by atoms with Crippen molar-refractivity contribution in [3.05, 3.63) is 59.4 Å². The van der Waals surface area contributed by atoms with Gasteiger partial charge in [0.25, 0.3) is 17.4 Å². The maximum atomic E-state index is 13.2. The summed E-state index contributed by atoms with van der Waals surface area (Å²) in [7, 11) is 0. The molecule has 0 saturated carbocycles. The summed E-state index contributed by atoms with van der Waals surface area (Å²) in [5.41, 5.74) is 1.92. The summed E-state index contributed by atoms with van der Waals surface area (Å²) < 4.78 is 5.86. The zero-order valence-electron chi connectivity index (χ0n) is 16.2. The first-order chi connectivity index (χ1) is 14.5. The number of ether oxygens (including phenoxy) is 1. The number of nitrogens with one attached hydrogen (secondary N) is 2. The highest BCUT2D eigenvalue weighted by molar-refractivity contribution is 6.31. The largest absolute Gasteiger partial charge is 0.466 e. The van der Waals surface area contributed by atoms with E-state index in [2.05, 4.69) is 15.3 Å². The Bertz CT molecular complexity index is 1220. The molecule has 7 nitrogen and oxygen atoms in total. The van der Waals surface area contributed by atoms with Crippen LogP contribution in [0.1, 0.15) is 18.9 Å². The molecule has 1 aromatic carbocycles. The number of rotatable bonds is 2. The van der Waals surface area contributed by atoms with E-state index in [1.165, 1.54) is 6.92 Å². The van der Waals surface area contributed by atoms with Crippen molar-refractivity contribution in [1.82, 2.24) is 14.9 Å². The molecule has 4 heterocycles. The number of halogens is 1. The first-order valence-electron chi connectivity index (χ1n) is 9.66. The average molecular weight is 423 g/mol. The van der Waals surface area contributed by atoms with E-state index in [0.717, 1.165) is 22.2 Å². The van der Waals surface area contributed by atoms with E-state index < -0.39 is 11.5 Å². The average Bonchev–Trinajstić information content (AvgIpc) is 3.19. The smallest absolute Gasteiger partial charge is 0.278 e. The van der Waals surface area contributed by atoms with Crippen LogP contribution in [0.3, 0.4) is 0 Å². The van der Waals surface area contributed by atoms with Crippen LogP contribution in [-0.4, -0.2) is 45.4 Å². The summed E-state index contributed by atoms with van der Waals surface area (Å²) in [6.45, 7) is 2.41. The van der Waals surface area contributed by atoms with Crippen LogP contribution < -0.4 is 10.1 Å². The molecule has 152 valence electrons. The number of amides is 2. The predicted molar refractivity (Wildman–Crippen MR) is 114 cm³/mol. The van der Waals surface area contributed by atoms with E-state index in [0.29, 0.717) is 36.0 Å². The number of aromatic amines is 1. The molecule has 2 N–H and O–H groups in total. The molecule has 2 aliphatic rings. The number of aromatic nitrogens is 2. The van der Waals surface area contributed by atoms with Gasteiger partial charge >= 0.3 is 0 Å². The molecule has 0 aliphatic carbocycles. The first-order valence-corrected chi connectivity index (χ1v) is 10.0. The van der Waals surface area contributed by atoms with E-state index in [1.54, 1.807) is 29.3 Å². The van der Waals surface area contributed by atoms with Gasteiger partial charge in [-0.05, 0) is 49.2 Å². The quantitative estimate of drug-likeness (QED) is 0.617. The molecule has 2 aliphatic heterocycles. The van der Waals surface area contributed by atoms with Crippen LogP contribution in [-0.2, 0) is 9.59 Å². The van der Waals surface area contributed by atoms with Crippen LogP contribution >= 0.6 is 11.6 Å². The molecule has 8 heteroatoms. The number of pyridine rings is 1. The lowest BCUT2D eigenvalue weighted by molar-refractivity contribution is -0.154. The van der Waals surface area contributed by atoms with Crippen molar-refractivity contribution < 1.29 is 14.3 Å². The molecule has 0 saturated heterocycles. The fourth-order valence-corrected chi connectivity index (χ4v) is 4.13. The topological polar surface area (TPSA) is 87.3 Å². The molecular formula is C22H19ClN4O3. The third kappa shape index (κ3) is 2.93. The number of fused-ring (bicyclic) bond motifs is 2. The highest BCUT2D eigenvalue weighted by atomic mass is 35.5. The van der Waals surface area contributed by atoms with Gasteiger partial charge in [0.05, 0.1) is 5.69 Å². The fraction of sp³-hybridized carbons (Fsp3) is 0.227. The number of hydrogen-bond acceptors (Lipinski definition) is 4. The van der Waals surface area contributed by atoms with Crippen molar-refractivity contribution >= 4 is 45.7 Å². The zero-order chi connectivity index (χ0) is 20.9. The van der Waals surface area contributed by atoms with Crippen LogP contribution in [0.5, 0.6) is 5.75 Å². The molecule has 1 atom stereocenters. The predicted octanol–water partition coefficient (Wildman–Crippen LogP) is 3.62. The van der Waals surface area contributed by atoms with Crippen molar-refractivity contribution in [2.45, 2.75) is 18.9 Å². The molecule has 2 amide bonds. The van der Waals surface area contributed by atoms with Crippen molar-refractivity contribution in [1.29, 1.82) is 0 Å². The number of hydrogen-bond donors (Lipinski definition) is 2. The lowest BCUT2D eigenvalue weighted by Gasteiger charge is -2.38. The SMILES string of the molecule is CC1(C(=O)N2CC=C(c3c[nH]c4ncccc34)CC2)Oc2ccc(Cl)cc2NC1=O. The Morgan fingerprint density at radius 1 is 1.33 bits per heavy atom. The summed E-state index contributed by atoms with van der Waals surface area (Å²) in [6.07, 6.45) is 6.40. The molecule has 2 aromatic heterocycles. The van der Waals surface area contributed by atoms with E-state index in [1.807, 2.05) is 24.4 Å². The summed E-state index contributed by atoms with van der Waals surface area (Å²) in [6, 6.07) is 8.85. The second-order valence-electron chi connectivity index (χ2n) is 7.56. The van der Waals surface area contributed by atoms with Crippen LogP contribution in [0.15, 0.2) is 48.8 Å². The van der Waals surface area contributed by atoms with Gasteiger partial charge in [-0.15, -0.1) is 0 Å². The van der Waals surface area contributed by atoms with Crippen molar-refractivity contribution in [2.75, 3.05) is 18.4 Å². The Morgan fingerprint density at radius 3 is 3.00 bits per heavy atom. The van der Waals surface area contributed by atoms with E-state index in [9.17, 15) is 9.59 Å². The third-order valence-electron chi connectivity index (χ3n) is 5.64. The van der Waals surface area contributed by atoms with Crippen LogP contribution in [0, 0.1) is 0 Å². The Kier molecular flexibility index (Phi) is 4.29. The van der Waals surface area contributed by atoms with Gasteiger partial charge in [0.15, 0.2) is 0 Å². The summed E-state index contributed by atoms with van der Waals surface area (Å²) >= 11 is 5.98. The number of benzene rings is 1. The molecular weight excluding hydrogens is 404 g/mol. The van der Waals surface area contributed by atoms with Gasteiger partial charge in [-0.25, -0.2) is 4.98 Å². The second kappa shape index (κ2) is 6.88. The molecule has 0 fully saturated rings. The minimum absolute atomic E-state index is 0.364. The van der Waals surface area contributed by atoms with Gasteiger partial charge in [-0.1, -0.05) is 17.7 Å². The van der Waals surface area contributed by atoms with E-state index in [4.69, 9.17) is 16.3 Å².